The normalized spacial score (nSPS) is 53.7. The quantitative estimate of drug-likeness (QED) is 0.742. The molecule has 4 saturated carbocycles. The van der Waals surface area contributed by atoms with Crippen LogP contribution in [0.25, 0.3) is 0 Å². The van der Waals surface area contributed by atoms with Crippen LogP contribution in [0.3, 0.4) is 0 Å². The Kier molecular flexibility index (Phi) is 2.45. The van der Waals surface area contributed by atoms with E-state index in [1.54, 1.807) is 38.5 Å². The molecule has 0 aromatic rings. The predicted octanol–water partition coefficient (Wildman–Crippen LogP) is 3.84. The highest BCUT2D eigenvalue weighted by Gasteiger charge is 2.57. The molecule has 5 aliphatic rings. The molecule has 1 nitrogen and oxygen atoms in total. The van der Waals surface area contributed by atoms with Crippen molar-refractivity contribution in [1.82, 2.24) is 5.32 Å². The fraction of sp³-hybridized carbons (Fsp3) is 1.00. The van der Waals surface area contributed by atoms with Crippen LogP contribution in [0.5, 0.6) is 0 Å². The summed E-state index contributed by atoms with van der Waals surface area (Å²) in [7, 11) is 0. The largest absolute Gasteiger partial charge is 0.316 e. The Balaban J connectivity index is 1.66. The smallest absolute Gasteiger partial charge is 0.00101 e. The number of hydrogen-bond acceptors (Lipinski definition) is 1. The summed E-state index contributed by atoms with van der Waals surface area (Å²) in [5.41, 5.74) is 1.32. The molecular formula is C17H29N. The molecule has 5 fully saturated rings. The Morgan fingerprint density at radius 1 is 0.889 bits per heavy atom. The van der Waals surface area contributed by atoms with Gasteiger partial charge in [0.1, 0.15) is 0 Å². The third kappa shape index (κ3) is 1.62. The molecule has 1 heteroatoms. The Morgan fingerprint density at radius 2 is 1.44 bits per heavy atom. The van der Waals surface area contributed by atoms with Crippen LogP contribution in [0, 0.1) is 34.5 Å². The van der Waals surface area contributed by atoms with Crippen molar-refractivity contribution in [2.75, 3.05) is 13.1 Å². The lowest BCUT2D eigenvalue weighted by Gasteiger charge is -2.63. The van der Waals surface area contributed by atoms with Crippen LogP contribution in [0.2, 0.25) is 0 Å². The van der Waals surface area contributed by atoms with Crippen LogP contribution < -0.4 is 5.32 Å². The van der Waals surface area contributed by atoms with Crippen molar-refractivity contribution in [2.45, 2.75) is 58.8 Å². The van der Waals surface area contributed by atoms with Gasteiger partial charge in [0.05, 0.1) is 0 Å². The monoisotopic (exact) mass is 247 g/mol. The third-order valence-electron chi connectivity index (χ3n) is 7.06. The van der Waals surface area contributed by atoms with Crippen LogP contribution in [0.4, 0.5) is 0 Å². The summed E-state index contributed by atoms with van der Waals surface area (Å²) in [6.07, 6.45) is 10.9. The van der Waals surface area contributed by atoms with E-state index in [0.29, 0.717) is 5.41 Å². The highest BCUT2D eigenvalue weighted by atomic mass is 14.9. The third-order valence-corrected chi connectivity index (χ3v) is 7.06. The minimum atomic E-state index is 0.580. The summed E-state index contributed by atoms with van der Waals surface area (Å²) in [6, 6.07) is 0. The highest BCUT2D eigenvalue weighted by molar-refractivity contribution is 5.07. The van der Waals surface area contributed by atoms with Gasteiger partial charge < -0.3 is 5.32 Å². The van der Waals surface area contributed by atoms with E-state index in [4.69, 9.17) is 0 Å². The van der Waals surface area contributed by atoms with Crippen LogP contribution >= 0.6 is 0 Å². The zero-order valence-electron chi connectivity index (χ0n) is 12.2. The number of rotatable bonds is 1. The van der Waals surface area contributed by atoms with E-state index in [1.165, 1.54) is 19.5 Å². The average Bonchev–Trinajstić information content (AvgIpc) is 2.25. The fourth-order valence-electron chi connectivity index (χ4n) is 6.76. The summed E-state index contributed by atoms with van der Waals surface area (Å²) in [4.78, 5) is 0. The average molecular weight is 247 g/mol. The zero-order valence-corrected chi connectivity index (χ0v) is 12.2. The van der Waals surface area contributed by atoms with E-state index in [-0.39, 0.29) is 0 Å². The molecule has 0 radical (unpaired) electrons. The van der Waals surface area contributed by atoms with Crippen molar-refractivity contribution in [2.24, 2.45) is 34.5 Å². The second kappa shape index (κ2) is 3.75. The zero-order chi connectivity index (χ0) is 12.4. The molecule has 0 spiro atoms. The first kappa shape index (κ1) is 11.8. The van der Waals surface area contributed by atoms with E-state index >= 15 is 0 Å². The SMILES string of the molecule is CC1(C)CCNCC1C12CC3CC(CC(C3)C1)C2. The van der Waals surface area contributed by atoms with Gasteiger partial charge in [-0.05, 0) is 92.5 Å². The summed E-state index contributed by atoms with van der Waals surface area (Å²) in [5.74, 6) is 4.27. The van der Waals surface area contributed by atoms with Gasteiger partial charge in [0.25, 0.3) is 0 Å². The van der Waals surface area contributed by atoms with Gasteiger partial charge in [0.15, 0.2) is 0 Å². The van der Waals surface area contributed by atoms with Gasteiger partial charge in [-0.15, -0.1) is 0 Å². The number of nitrogens with one attached hydrogen (secondary N) is 1. The van der Waals surface area contributed by atoms with Gasteiger partial charge in [0.2, 0.25) is 0 Å². The van der Waals surface area contributed by atoms with Gasteiger partial charge >= 0.3 is 0 Å². The Labute approximate surface area is 112 Å². The molecule has 0 aromatic heterocycles. The molecule has 4 bridgehead atoms. The summed E-state index contributed by atoms with van der Waals surface area (Å²) in [5, 5.41) is 3.72. The first-order chi connectivity index (χ1) is 8.57. The van der Waals surface area contributed by atoms with Gasteiger partial charge in [0, 0.05) is 0 Å². The van der Waals surface area contributed by atoms with Crippen molar-refractivity contribution in [3.05, 3.63) is 0 Å². The number of piperidine rings is 1. The molecule has 1 aliphatic heterocycles. The highest BCUT2D eigenvalue weighted by Crippen LogP contribution is 2.65. The van der Waals surface area contributed by atoms with Crippen LogP contribution in [0.1, 0.15) is 58.8 Å². The second-order valence-electron chi connectivity index (χ2n) is 8.78. The molecule has 1 N–H and O–H groups in total. The van der Waals surface area contributed by atoms with Crippen molar-refractivity contribution >= 4 is 0 Å². The van der Waals surface area contributed by atoms with E-state index in [9.17, 15) is 0 Å². The molecular weight excluding hydrogens is 218 g/mol. The van der Waals surface area contributed by atoms with E-state index < -0.39 is 0 Å². The topological polar surface area (TPSA) is 12.0 Å². The molecule has 4 aliphatic carbocycles. The molecule has 0 aromatic carbocycles. The van der Waals surface area contributed by atoms with Crippen LogP contribution in [-0.4, -0.2) is 13.1 Å². The summed E-state index contributed by atoms with van der Waals surface area (Å²) < 4.78 is 0. The van der Waals surface area contributed by atoms with Crippen LogP contribution in [0.15, 0.2) is 0 Å². The fourth-order valence-corrected chi connectivity index (χ4v) is 6.76. The maximum absolute atomic E-state index is 3.72. The van der Waals surface area contributed by atoms with E-state index in [0.717, 1.165) is 29.1 Å². The van der Waals surface area contributed by atoms with Gasteiger partial charge in [-0.2, -0.15) is 0 Å². The Morgan fingerprint density at radius 3 is 1.94 bits per heavy atom. The molecule has 1 atom stereocenters. The summed E-state index contributed by atoms with van der Waals surface area (Å²) in [6.45, 7) is 7.66. The minimum Gasteiger partial charge on any atom is -0.316 e. The van der Waals surface area contributed by atoms with Gasteiger partial charge in [-0.3, -0.25) is 0 Å². The van der Waals surface area contributed by atoms with Gasteiger partial charge in [-0.25, -0.2) is 0 Å². The molecule has 1 saturated heterocycles. The Hall–Kier alpha value is -0.0400. The predicted molar refractivity (Wildman–Crippen MR) is 75.4 cm³/mol. The maximum Gasteiger partial charge on any atom is -0.00101 e. The first-order valence-electron chi connectivity index (χ1n) is 8.28. The lowest BCUT2D eigenvalue weighted by molar-refractivity contribution is -0.122. The second-order valence-corrected chi connectivity index (χ2v) is 8.78. The Bertz CT molecular complexity index is 308. The molecule has 102 valence electrons. The van der Waals surface area contributed by atoms with Crippen LogP contribution in [-0.2, 0) is 0 Å². The first-order valence-corrected chi connectivity index (χ1v) is 8.28. The lowest BCUT2D eigenvalue weighted by atomic mass is 9.43. The molecule has 0 amide bonds. The van der Waals surface area contributed by atoms with E-state index in [1.807, 2.05) is 0 Å². The summed E-state index contributed by atoms with van der Waals surface area (Å²) >= 11 is 0. The molecule has 1 unspecified atom stereocenters. The molecule has 5 rings (SSSR count). The maximum atomic E-state index is 3.72. The number of hydrogen-bond donors (Lipinski definition) is 1. The van der Waals surface area contributed by atoms with Crippen molar-refractivity contribution in [1.29, 1.82) is 0 Å². The standard InChI is InChI=1S/C17H29N/c1-16(2)3-4-18-11-15(16)17-8-12-5-13(9-17)7-14(6-12)10-17/h12-15,18H,3-11H2,1-2H3. The van der Waals surface area contributed by atoms with Gasteiger partial charge in [-0.1, -0.05) is 13.8 Å². The molecule has 1 heterocycles. The van der Waals surface area contributed by atoms with Crippen molar-refractivity contribution in [3.63, 3.8) is 0 Å². The van der Waals surface area contributed by atoms with E-state index in [2.05, 4.69) is 19.2 Å². The lowest BCUT2D eigenvalue weighted by Crippen LogP contribution is -2.57. The molecule has 18 heavy (non-hydrogen) atoms. The van der Waals surface area contributed by atoms with Crippen molar-refractivity contribution < 1.29 is 0 Å². The minimum absolute atomic E-state index is 0.580. The van der Waals surface area contributed by atoms with Crippen molar-refractivity contribution in [3.8, 4) is 0 Å².